The fraction of sp³-hybridized carbons (Fsp3) is 0.333. The normalized spacial score (nSPS) is 15.0. The molecule has 1 aliphatic heterocycles. The fourth-order valence-electron chi connectivity index (χ4n) is 2.91. The van der Waals surface area contributed by atoms with Gasteiger partial charge < -0.3 is 10.2 Å². The summed E-state index contributed by atoms with van der Waals surface area (Å²) in [5.74, 6) is -0.246. The van der Waals surface area contributed by atoms with E-state index < -0.39 is 5.69 Å². The van der Waals surface area contributed by atoms with Crippen molar-refractivity contribution in [3.8, 4) is 0 Å². The maximum atomic E-state index is 12.3. The molecule has 0 unspecified atom stereocenters. The predicted molar refractivity (Wildman–Crippen MR) is 92.9 cm³/mol. The quantitative estimate of drug-likeness (QED) is 0.904. The van der Waals surface area contributed by atoms with Gasteiger partial charge in [0.25, 0.3) is 0 Å². The Morgan fingerprint density at radius 3 is 2.52 bits per heavy atom. The lowest BCUT2D eigenvalue weighted by Crippen LogP contribution is -2.43. The lowest BCUT2D eigenvalue weighted by atomic mass is 9.95. The highest BCUT2D eigenvalue weighted by Crippen LogP contribution is 2.19. The second-order valence-electron chi connectivity index (χ2n) is 6.04. The third-order valence-corrected chi connectivity index (χ3v) is 4.35. The number of nitrogens with zero attached hydrogens (tertiary/aromatic N) is 3. The molecule has 0 bridgehead atoms. The third kappa shape index (κ3) is 4.32. The second kappa shape index (κ2) is 7.74. The summed E-state index contributed by atoms with van der Waals surface area (Å²) in [6.07, 6.45) is 4.19. The van der Waals surface area contributed by atoms with Crippen LogP contribution in [0.4, 0.5) is 5.69 Å². The lowest BCUT2D eigenvalue weighted by molar-refractivity contribution is -0.135. The summed E-state index contributed by atoms with van der Waals surface area (Å²) in [6.45, 7) is 1.01. The van der Waals surface area contributed by atoms with Crippen molar-refractivity contribution in [2.75, 3.05) is 18.4 Å². The van der Waals surface area contributed by atoms with Gasteiger partial charge in [-0.25, -0.2) is 9.78 Å². The molecule has 0 radical (unpaired) electrons. The smallest absolute Gasteiger partial charge is 0.341 e. The molecule has 1 N–H and O–H groups in total. The van der Waals surface area contributed by atoms with Gasteiger partial charge in [-0.05, 0) is 31.0 Å². The molecular formula is C18H20N4O3. The average Bonchev–Trinajstić information content (AvgIpc) is 2.64. The van der Waals surface area contributed by atoms with E-state index >= 15 is 0 Å². The Morgan fingerprint density at radius 1 is 1.12 bits per heavy atom. The number of rotatable bonds is 4. The van der Waals surface area contributed by atoms with Crippen molar-refractivity contribution >= 4 is 17.5 Å². The van der Waals surface area contributed by atoms with Crippen molar-refractivity contribution < 1.29 is 9.59 Å². The molecule has 7 nitrogen and oxygen atoms in total. The molecule has 2 heterocycles. The van der Waals surface area contributed by atoms with E-state index in [0.717, 1.165) is 5.69 Å². The maximum absolute atomic E-state index is 12.3. The summed E-state index contributed by atoms with van der Waals surface area (Å²) in [5, 5.41) is 2.91. The van der Waals surface area contributed by atoms with Crippen LogP contribution in [0.1, 0.15) is 12.8 Å². The molecule has 1 aromatic heterocycles. The Kier molecular flexibility index (Phi) is 5.23. The Bertz CT molecular complexity index is 795. The van der Waals surface area contributed by atoms with Crippen LogP contribution in [-0.2, 0) is 16.1 Å². The highest BCUT2D eigenvalue weighted by molar-refractivity contribution is 5.92. The first-order valence-corrected chi connectivity index (χ1v) is 8.28. The SMILES string of the molecule is O=C(Nc1ccccc1)C1CCN(C(=O)Cn2cccnc2=O)CC1. The Labute approximate surface area is 145 Å². The first-order valence-electron chi connectivity index (χ1n) is 8.28. The Hall–Kier alpha value is -2.96. The van der Waals surface area contributed by atoms with Crippen LogP contribution in [-0.4, -0.2) is 39.4 Å². The van der Waals surface area contributed by atoms with Gasteiger partial charge in [-0.15, -0.1) is 0 Å². The number of piperidine rings is 1. The standard InChI is InChI=1S/C18H20N4O3/c23-16(13-22-10-4-9-19-18(22)25)21-11-7-14(8-12-21)17(24)20-15-5-2-1-3-6-15/h1-6,9-10,14H,7-8,11-13H2,(H,20,24). The molecule has 7 heteroatoms. The van der Waals surface area contributed by atoms with Crippen molar-refractivity contribution in [3.63, 3.8) is 0 Å². The number of benzene rings is 1. The zero-order valence-corrected chi connectivity index (χ0v) is 13.8. The summed E-state index contributed by atoms with van der Waals surface area (Å²) >= 11 is 0. The predicted octanol–water partition coefficient (Wildman–Crippen LogP) is 1.12. The number of likely N-dealkylation sites (tertiary alicyclic amines) is 1. The van der Waals surface area contributed by atoms with Crippen LogP contribution in [0, 0.1) is 5.92 Å². The highest BCUT2D eigenvalue weighted by Gasteiger charge is 2.27. The van der Waals surface area contributed by atoms with Crippen LogP contribution in [0.2, 0.25) is 0 Å². The average molecular weight is 340 g/mol. The molecule has 1 saturated heterocycles. The van der Waals surface area contributed by atoms with Crippen molar-refractivity contribution in [3.05, 3.63) is 59.3 Å². The fourth-order valence-corrected chi connectivity index (χ4v) is 2.91. The van der Waals surface area contributed by atoms with Crippen LogP contribution in [0.15, 0.2) is 53.6 Å². The molecule has 1 fully saturated rings. The van der Waals surface area contributed by atoms with Crippen LogP contribution < -0.4 is 11.0 Å². The van der Waals surface area contributed by atoms with Gasteiger partial charge in [0.05, 0.1) is 0 Å². The molecule has 3 rings (SSSR count). The summed E-state index contributed by atoms with van der Waals surface area (Å²) in [7, 11) is 0. The van der Waals surface area contributed by atoms with E-state index in [0.29, 0.717) is 25.9 Å². The number of para-hydroxylation sites is 1. The molecule has 0 aliphatic carbocycles. The summed E-state index contributed by atoms with van der Waals surface area (Å²) in [6, 6.07) is 11.0. The van der Waals surface area contributed by atoms with E-state index in [4.69, 9.17) is 0 Å². The molecule has 0 saturated carbocycles. The molecule has 0 atom stereocenters. The van der Waals surface area contributed by atoms with E-state index in [-0.39, 0.29) is 24.3 Å². The number of carbonyl (C=O) groups is 2. The van der Waals surface area contributed by atoms with Crippen molar-refractivity contribution in [2.45, 2.75) is 19.4 Å². The van der Waals surface area contributed by atoms with E-state index in [2.05, 4.69) is 10.3 Å². The number of amides is 2. The maximum Gasteiger partial charge on any atom is 0.347 e. The van der Waals surface area contributed by atoms with Crippen LogP contribution in [0.3, 0.4) is 0 Å². The van der Waals surface area contributed by atoms with E-state index in [1.54, 1.807) is 17.2 Å². The van der Waals surface area contributed by atoms with Gasteiger partial charge in [0, 0.05) is 37.1 Å². The number of carbonyl (C=O) groups excluding carboxylic acids is 2. The topological polar surface area (TPSA) is 84.3 Å². The van der Waals surface area contributed by atoms with Gasteiger partial charge in [-0.2, -0.15) is 0 Å². The number of aromatic nitrogens is 2. The molecule has 2 amide bonds. The minimum Gasteiger partial charge on any atom is -0.341 e. The first-order chi connectivity index (χ1) is 12.1. The molecule has 2 aromatic rings. The van der Waals surface area contributed by atoms with E-state index in [9.17, 15) is 14.4 Å². The molecule has 130 valence electrons. The van der Waals surface area contributed by atoms with Gasteiger partial charge >= 0.3 is 5.69 Å². The molecule has 1 aromatic carbocycles. The lowest BCUT2D eigenvalue weighted by Gasteiger charge is -2.31. The Balaban J connectivity index is 1.51. The number of hydrogen-bond donors (Lipinski definition) is 1. The summed E-state index contributed by atoms with van der Waals surface area (Å²) < 4.78 is 1.29. The summed E-state index contributed by atoms with van der Waals surface area (Å²) in [5.41, 5.74) is 0.343. The zero-order valence-electron chi connectivity index (χ0n) is 13.8. The van der Waals surface area contributed by atoms with Crippen LogP contribution >= 0.6 is 0 Å². The monoisotopic (exact) mass is 340 g/mol. The molecule has 1 aliphatic rings. The van der Waals surface area contributed by atoms with Gasteiger partial charge in [-0.1, -0.05) is 18.2 Å². The van der Waals surface area contributed by atoms with E-state index in [1.807, 2.05) is 30.3 Å². The molecule has 25 heavy (non-hydrogen) atoms. The minimum absolute atomic E-state index is 0.0122. The van der Waals surface area contributed by atoms with E-state index in [1.165, 1.54) is 10.8 Å². The minimum atomic E-state index is -0.437. The van der Waals surface area contributed by atoms with Crippen molar-refractivity contribution in [2.24, 2.45) is 5.92 Å². The van der Waals surface area contributed by atoms with Gasteiger partial charge in [0.2, 0.25) is 11.8 Å². The number of anilines is 1. The van der Waals surface area contributed by atoms with Crippen molar-refractivity contribution in [1.29, 1.82) is 0 Å². The van der Waals surface area contributed by atoms with Gasteiger partial charge in [0.1, 0.15) is 6.54 Å². The first kappa shape index (κ1) is 16.9. The van der Waals surface area contributed by atoms with Crippen LogP contribution in [0.5, 0.6) is 0 Å². The highest BCUT2D eigenvalue weighted by atomic mass is 16.2. The number of nitrogens with one attached hydrogen (secondary N) is 1. The van der Waals surface area contributed by atoms with Gasteiger partial charge in [-0.3, -0.25) is 14.2 Å². The molecular weight excluding hydrogens is 320 g/mol. The molecule has 0 spiro atoms. The summed E-state index contributed by atoms with van der Waals surface area (Å²) in [4.78, 5) is 41.6. The van der Waals surface area contributed by atoms with Crippen LogP contribution in [0.25, 0.3) is 0 Å². The van der Waals surface area contributed by atoms with Gasteiger partial charge in [0.15, 0.2) is 0 Å². The zero-order chi connectivity index (χ0) is 17.6. The second-order valence-corrected chi connectivity index (χ2v) is 6.04. The third-order valence-electron chi connectivity index (χ3n) is 4.35. The number of hydrogen-bond acceptors (Lipinski definition) is 4. The van der Waals surface area contributed by atoms with Crippen molar-refractivity contribution in [1.82, 2.24) is 14.5 Å². The Morgan fingerprint density at radius 2 is 1.84 bits per heavy atom. The largest absolute Gasteiger partial charge is 0.347 e.